The van der Waals surface area contributed by atoms with Crippen molar-refractivity contribution in [1.29, 1.82) is 0 Å². The van der Waals surface area contributed by atoms with Crippen LogP contribution in [0.4, 0.5) is 0 Å². The van der Waals surface area contributed by atoms with E-state index in [-0.39, 0.29) is 0 Å². The molecule has 16 heavy (non-hydrogen) atoms. The first kappa shape index (κ1) is 13.1. The van der Waals surface area contributed by atoms with Crippen molar-refractivity contribution in [3.63, 3.8) is 0 Å². The van der Waals surface area contributed by atoms with E-state index in [0.717, 1.165) is 19.8 Å². The highest BCUT2D eigenvalue weighted by molar-refractivity contribution is 5.14. The minimum absolute atomic E-state index is 0.356. The first-order valence-electron chi connectivity index (χ1n) is 5.96. The van der Waals surface area contributed by atoms with Gasteiger partial charge in [0.25, 0.3) is 0 Å². The third kappa shape index (κ3) is 4.29. The Balaban J connectivity index is 2.49. The quantitative estimate of drug-likeness (QED) is 0.719. The summed E-state index contributed by atoms with van der Waals surface area (Å²) in [5.41, 5.74) is 1.24. The Morgan fingerprint density at radius 3 is 2.81 bits per heavy atom. The van der Waals surface area contributed by atoms with Crippen LogP contribution in [-0.4, -0.2) is 24.7 Å². The third-order valence-corrected chi connectivity index (χ3v) is 2.52. The average Bonchev–Trinajstić information content (AvgIpc) is 2.30. The highest BCUT2D eigenvalue weighted by Crippen LogP contribution is 2.19. The van der Waals surface area contributed by atoms with E-state index in [1.807, 2.05) is 19.2 Å². The van der Waals surface area contributed by atoms with Crippen molar-refractivity contribution in [3.8, 4) is 0 Å². The van der Waals surface area contributed by atoms with Crippen LogP contribution in [0.2, 0.25) is 0 Å². The molecule has 1 unspecified atom stereocenters. The topological polar surface area (TPSA) is 34.1 Å². The summed E-state index contributed by atoms with van der Waals surface area (Å²) in [6, 6.07) is 4.45. The molecule has 1 heterocycles. The van der Waals surface area contributed by atoms with E-state index < -0.39 is 0 Å². The van der Waals surface area contributed by atoms with Crippen LogP contribution in [0.25, 0.3) is 0 Å². The molecule has 1 rings (SSSR count). The molecular formula is C13H22N2O. The van der Waals surface area contributed by atoms with Gasteiger partial charge in [0.1, 0.15) is 0 Å². The van der Waals surface area contributed by atoms with E-state index in [9.17, 15) is 0 Å². The minimum atomic E-state index is 0.356. The predicted molar refractivity (Wildman–Crippen MR) is 66.3 cm³/mol. The van der Waals surface area contributed by atoms with Crippen molar-refractivity contribution in [2.45, 2.75) is 26.8 Å². The molecule has 0 amide bonds. The Labute approximate surface area is 98.2 Å². The lowest BCUT2D eigenvalue weighted by atomic mass is 9.97. The summed E-state index contributed by atoms with van der Waals surface area (Å²) in [5.74, 6) is 0.547. The Hall–Kier alpha value is -0.930. The fourth-order valence-electron chi connectivity index (χ4n) is 1.73. The standard InChI is InChI=1S/C13H22N2O/c1-4-16-9-8-15-13(11(2)3)12-6-5-7-14-10-12/h5-7,10-11,13,15H,4,8-9H2,1-3H3. The summed E-state index contributed by atoms with van der Waals surface area (Å²) in [6.45, 7) is 8.87. The van der Waals surface area contributed by atoms with Crippen LogP contribution in [-0.2, 0) is 4.74 Å². The van der Waals surface area contributed by atoms with Gasteiger partial charge in [-0.05, 0) is 24.5 Å². The van der Waals surface area contributed by atoms with Crippen LogP contribution in [0.5, 0.6) is 0 Å². The molecule has 1 aromatic rings. The second kappa shape index (κ2) is 7.36. The second-order valence-electron chi connectivity index (χ2n) is 4.16. The molecule has 1 N–H and O–H groups in total. The zero-order chi connectivity index (χ0) is 11.8. The average molecular weight is 222 g/mol. The van der Waals surface area contributed by atoms with E-state index in [4.69, 9.17) is 4.74 Å². The highest BCUT2D eigenvalue weighted by Gasteiger charge is 2.14. The molecule has 0 aliphatic heterocycles. The van der Waals surface area contributed by atoms with E-state index in [1.165, 1.54) is 5.56 Å². The lowest BCUT2D eigenvalue weighted by Gasteiger charge is -2.22. The Morgan fingerprint density at radius 2 is 2.25 bits per heavy atom. The largest absolute Gasteiger partial charge is 0.380 e. The van der Waals surface area contributed by atoms with Gasteiger partial charge in [0, 0.05) is 31.6 Å². The van der Waals surface area contributed by atoms with Crippen molar-refractivity contribution < 1.29 is 4.74 Å². The van der Waals surface area contributed by atoms with Crippen molar-refractivity contribution in [2.75, 3.05) is 19.8 Å². The number of hydrogen-bond acceptors (Lipinski definition) is 3. The maximum absolute atomic E-state index is 5.32. The van der Waals surface area contributed by atoms with Gasteiger partial charge in [0.05, 0.1) is 6.61 Å². The molecule has 1 atom stereocenters. The van der Waals surface area contributed by atoms with Crippen LogP contribution in [0.15, 0.2) is 24.5 Å². The zero-order valence-electron chi connectivity index (χ0n) is 10.4. The first-order chi connectivity index (χ1) is 7.75. The van der Waals surface area contributed by atoms with Crippen molar-refractivity contribution in [1.82, 2.24) is 10.3 Å². The van der Waals surface area contributed by atoms with E-state index in [0.29, 0.717) is 12.0 Å². The fraction of sp³-hybridized carbons (Fsp3) is 0.615. The van der Waals surface area contributed by atoms with Gasteiger partial charge in [-0.25, -0.2) is 0 Å². The summed E-state index contributed by atoms with van der Waals surface area (Å²) >= 11 is 0. The Morgan fingerprint density at radius 1 is 1.44 bits per heavy atom. The molecule has 0 aromatic carbocycles. The summed E-state index contributed by atoms with van der Waals surface area (Å²) in [5, 5.41) is 3.51. The molecule has 1 aromatic heterocycles. The van der Waals surface area contributed by atoms with Gasteiger partial charge < -0.3 is 10.1 Å². The Kier molecular flexibility index (Phi) is 6.04. The van der Waals surface area contributed by atoms with E-state index in [1.54, 1.807) is 6.20 Å². The van der Waals surface area contributed by atoms with Gasteiger partial charge in [0.2, 0.25) is 0 Å². The number of pyridine rings is 1. The van der Waals surface area contributed by atoms with Gasteiger partial charge in [0.15, 0.2) is 0 Å². The van der Waals surface area contributed by atoms with Crippen LogP contribution in [0.3, 0.4) is 0 Å². The minimum Gasteiger partial charge on any atom is -0.380 e. The number of hydrogen-bond donors (Lipinski definition) is 1. The van der Waals surface area contributed by atoms with E-state index in [2.05, 4.69) is 30.2 Å². The van der Waals surface area contributed by atoms with E-state index >= 15 is 0 Å². The lowest BCUT2D eigenvalue weighted by Crippen LogP contribution is -2.29. The number of rotatable bonds is 7. The van der Waals surface area contributed by atoms with Crippen LogP contribution in [0, 0.1) is 5.92 Å². The Bertz CT molecular complexity index is 275. The summed E-state index contributed by atoms with van der Waals surface area (Å²) in [6.07, 6.45) is 3.74. The molecule has 0 fully saturated rings. The molecule has 3 heteroatoms. The lowest BCUT2D eigenvalue weighted by molar-refractivity contribution is 0.145. The second-order valence-corrected chi connectivity index (χ2v) is 4.16. The highest BCUT2D eigenvalue weighted by atomic mass is 16.5. The summed E-state index contributed by atoms with van der Waals surface area (Å²) in [4.78, 5) is 4.16. The molecular weight excluding hydrogens is 200 g/mol. The normalized spacial score (nSPS) is 13.0. The predicted octanol–water partition coefficient (Wildman–Crippen LogP) is 2.40. The summed E-state index contributed by atoms with van der Waals surface area (Å²) < 4.78 is 5.32. The van der Waals surface area contributed by atoms with Crippen molar-refractivity contribution >= 4 is 0 Å². The molecule has 0 spiro atoms. The van der Waals surface area contributed by atoms with Crippen LogP contribution >= 0.6 is 0 Å². The first-order valence-corrected chi connectivity index (χ1v) is 5.96. The fourth-order valence-corrected chi connectivity index (χ4v) is 1.73. The molecule has 0 aliphatic carbocycles. The molecule has 0 radical (unpaired) electrons. The van der Waals surface area contributed by atoms with Crippen molar-refractivity contribution in [3.05, 3.63) is 30.1 Å². The monoisotopic (exact) mass is 222 g/mol. The third-order valence-electron chi connectivity index (χ3n) is 2.52. The van der Waals surface area contributed by atoms with Gasteiger partial charge in [-0.3, -0.25) is 4.98 Å². The van der Waals surface area contributed by atoms with Gasteiger partial charge in [-0.1, -0.05) is 19.9 Å². The molecule has 0 saturated carbocycles. The van der Waals surface area contributed by atoms with Crippen LogP contribution in [0.1, 0.15) is 32.4 Å². The van der Waals surface area contributed by atoms with Gasteiger partial charge in [-0.15, -0.1) is 0 Å². The smallest absolute Gasteiger partial charge is 0.0590 e. The zero-order valence-corrected chi connectivity index (χ0v) is 10.4. The number of nitrogens with one attached hydrogen (secondary N) is 1. The number of aromatic nitrogens is 1. The molecule has 0 aliphatic rings. The maximum atomic E-state index is 5.32. The number of nitrogens with zero attached hydrogens (tertiary/aromatic N) is 1. The van der Waals surface area contributed by atoms with Crippen LogP contribution < -0.4 is 5.32 Å². The van der Waals surface area contributed by atoms with Gasteiger partial charge in [-0.2, -0.15) is 0 Å². The molecule has 90 valence electrons. The molecule has 0 saturated heterocycles. The molecule has 0 bridgehead atoms. The summed E-state index contributed by atoms with van der Waals surface area (Å²) in [7, 11) is 0. The molecule has 3 nitrogen and oxygen atoms in total. The number of ether oxygens (including phenoxy) is 1. The van der Waals surface area contributed by atoms with Gasteiger partial charge >= 0.3 is 0 Å². The maximum Gasteiger partial charge on any atom is 0.0590 e. The SMILES string of the molecule is CCOCCNC(c1cccnc1)C(C)C. The van der Waals surface area contributed by atoms with Crippen molar-refractivity contribution in [2.24, 2.45) is 5.92 Å².